The van der Waals surface area contributed by atoms with E-state index < -0.39 is 0 Å². The van der Waals surface area contributed by atoms with Crippen LogP contribution in [0.15, 0.2) is 12.7 Å². The molecule has 3 nitrogen and oxygen atoms in total. The van der Waals surface area contributed by atoms with Crippen molar-refractivity contribution in [2.45, 2.75) is 26.3 Å². The molecule has 0 aromatic heterocycles. The Morgan fingerprint density at radius 3 is 2.60 bits per heavy atom. The minimum Gasteiger partial charge on any atom is -0.383 e. The SMILES string of the molecule is C=CCN(CCOC)CC(C)(C)NCC. The van der Waals surface area contributed by atoms with Gasteiger partial charge in [-0.25, -0.2) is 0 Å². The van der Waals surface area contributed by atoms with Gasteiger partial charge in [-0.1, -0.05) is 13.0 Å². The number of hydrogen-bond donors (Lipinski definition) is 1. The molecule has 0 saturated carbocycles. The fraction of sp³-hybridized carbons (Fsp3) is 0.833. The monoisotopic (exact) mass is 214 g/mol. The van der Waals surface area contributed by atoms with E-state index in [1.54, 1.807) is 7.11 Å². The van der Waals surface area contributed by atoms with Crippen LogP contribution in [0.25, 0.3) is 0 Å². The highest BCUT2D eigenvalue weighted by Gasteiger charge is 2.19. The average Bonchev–Trinajstić information content (AvgIpc) is 2.14. The zero-order valence-corrected chi connectivity index (χ0v) is 10.7. The van der Waals surface area contributed by atoms with E-state index in [0.29, 0.717) is 0 Å². The van der Waals surface area contributed by atoms with E-state index in [0.717, 1.165) is 32.8 Å². The fourth-order valence-electron chi connectivity index (χ4n) is 1.73. The van der Waals surface area contributed by atoms with Gasteiger partial charge >= 0.3 is 0 Å². The van der Waals surface area contributed by atoms with Gasteiger partial charge in [0.2, 0.25) is 0 Å². The van der Waals surface area contributed by atoms with E-state index in [-0.39, 0.29) is 5.54 Å². The molecule has 0 unspecified atom stereocenters. The van der Waals surface area contributed by atoms with Crippen LogP contribution in [0.2, 0.25) is 0 Å². The van der Waals surface area contributed by atoms with Gasteiger partial charge in [0.1, 0.15) is 0 Å². The Hall–Kier alpha value is -0.380. The lowest BCUT2D eigenvalue weighted by atomic mass is 10.0. The van der Waals surface area contributed by atoms with Gasteiger partial charge in [-0.3, -0.25) is 4.90 Å². The zero-order chi connectivity index (χ0) is 11.7. The van der Waals surface area contributed by atoms with Crippen molar-refractivity contribution in [3.8, 4) is 0 Å². The molecule has 0 aliphatic heterocycles. The van der Waals surface area contributed by atoms with Crippen LogP contribution in [0, 0.1) is 0 Å². The molecule has 0 aromatic rings. The first-order chi connectivity index (χ1) is 7.05. The number of nitrogens with one attached hydrogen (secondary N) is 1. The van der Waals surface area contributed by atoms with Gasteiger partial charge in [-0.05, 0) is 20.4 Å². The first-order valence-electron chi connectivity index (χ1n) is 5.63. The maximum atomic E-state index is 5.10. The average molecular weight is 214 g/mol. The van der Waals surface area contributed by atoms with Gasteiger partial charge in [0.15, 0.2) is 0 Å². The summed E-state index contributed by atoms with van der Waals surface area (Å²) in [5.74, 6) is 0. The van der Waals surface area contributed by atoms with E-state index in [4.69, 9.17) is 4.74 Å². The van der Waals surface area contributed by atoms with Gasteiger partial charge in [0, 0.05) is 32.3 Å². The predicted molar refractivity (Wildman–Crippen MR) is 66.3 cm³/mol. The number of methoxy groups -OCH3 is 1. The smallest absolute Gasteiger partial charge is 0.0589 e. The van der Waals surface area contributed by atoms with Crippen LogP contribution in [0.3, 0.4) is 0 Å². The number of ether oxygens (including phenoxy) is 1. The molecule has 0 bridgehead atoms. The van der Waals surface area contributed by atoms with Crippen molar-refractivity contribution in [1.82, 2.24) is 10.2 Å². The second-order valence-corrected chi connectivity index (χ2v) is 4.43. The van der Waals surface area contributed by atoms with E-state index in [1.165, 1.54) is 0 Å². The van der Waals surface area contributed by atoms with Gasteiger partial charge in [0.25, 0.3) is 0 Å². The molecule has 0 rings (SSSR count). The lowest BCUT2D eigenvalue weighted by Crippen LogP contribution is -2.49. The Bertz CT molecular complexity index is 169. The van der Waals surface area contributed by atoms with Crippen LogP contribution in [-0.2, 0) is 4.74 Å². The molecule has 90 valence electrons. The van der Waals surface area contributed by atoms with Crippen LogP contribution in [0.1, 0.15) is 20.8 Å². The molecule has 0 amide bonds. The van der Waals surface area contributed by atoms with Crippen LogP contribution in [-0.4, -0.2) is 50.3 Å². The first kappa shape index (κ1) is 14.6. The van der Waals surface area contributed by atoms with Gasteiger partial charge in [0.05, 0.1) is 6.61 Å². The third-order valence-electron chi connectivity index (χ3n) is 2.27. The summed E-state index contributed by atoms with van der Waals surface area (Å²) in [4.78, 5) is 2.35. The standard InChI is InChI=1S/C12H26N2O/c1-6-8-14(9-10-15-5)11-12(3,4)13-7-2/h6,13H,1,7-11H2,2-5H3. The quantitative estimate of drug-likeness (QED) is 0.589. The highest BCUT2D eigenvalue weighted by Crippen LogP contribution is 2.05. The van der Waals surface area contributed by atoms with Crippen molar-refractivity contribution in [2.24, 2.45) is 0 Å². The number of likely N-dealkylation sites (N-methyl/N-ethyl adjacent to an activating group) is 1. The lowest BCUT2D eigenvalue weighted by Gasteiger charge is -2.32. The molecular formula is C12H26N2O. The Morgan fingerprint density at radius 2 is 2.13 bits per heavy atom. The van der Waals surface area contributed by atoms with Crippen molar-refractivity contribution in [3.05, 3.63) is 12.7 Å². The van der Waals surface area contributed by atoms with Crippen molar-refractivity contribution in [2.75, 3.05) is 39.9 Å². The Balaban J connectivity index is 4.06. The molecule has 0 radical (unpaired) electrons. The minimum atomic E-state index is 0.144. The van der Waals surface area contributed by atoms with Gasteiger partial charge in [-0.2, -0.15) is 0 Å². The van der Waals surface area contributed by atoms with Crippen LogP contribution >= 0.6 is 0 Å². The van der Waals surface area contributed by atoms with Crippen molar-refractivity contribution in [1.29, 1.82) is 0 Å². The van der Waals surface area contributed by atoms with E-state index in [2.05, 4.69) is 37.6 Å². The Kier molecular flexibility index (Phi) is 7.65. The normalized spacial score (nSPS) is 12.1. The second-order valence-electron chi connectivity index (χ2n) is 4.43. The number of nitrogens with zero attached hydrogens (tertiary/aromatic N) is 1. The predicted octanol–water partition coefficient (Wildman–Crippen LogP) is 1.51. The Labute approximate surface area is 94.5 Å². The molecular weight excluding hydrogens is 188 g/mol. The summed E-state index contributed by atoms with van der Waals surface area (Å²) in [5.41, 5.74) is 0.144. The molecule has 0 spiro atoms. The largest absolute Gasteiger partial charge is 0.383 e. The van der Waals surface area contributed by atoms with E-state index >= 15 is 0 Å². The van der Waals surface area contributed by atoms with Gasteiger partial charge in [-0.15, -0.1) is 6.58 Å². The highest BCUT2D eigenvalue weighted by atomic mass is 16.5. The maximum Gasteiger partial charge on any atom is 0.0589 e. The van der Waals surface area contributed by atoms with Crippen molar-refractivity contribution in [3.63, 3.8) is 0 Å². The molecule has 0 saturated heterocycles. The second kappa shape index (κ2) is 7.85. The topological polar surface area (TPSA) is 24.5 Å². The summed E-state index contributed by atoms with van der Waals surface area (Å²) >= 11 is 0. The third kappa shape index (κ3) is 7.54. The zero-order valence-electron chi connectivity index (χ0n) is 10.7. The first-order valence-corrected chi connectivity index (χ1v) is 5.63. The molecule has 3 heteroatoms. The summed E-state index contributed by atoms with van der Waals surface area (Å²) in [7, 11) is 1.74. The van der Waals surface area contributed by atoms with Crippen molar-refractivity contribution < 1.29 is 4.74 Å². The molecule has 0 heterocycles. The summed E-state index contributed by atoms with van der Waals surface area (Å²) < 4.78 is 5.10. The molecule has 0 atom stereocenters. The molecule has 1 N–H and O–H groups in total. The highest BCUT2D eigenvalue weighted by molar-refractivity contribution is 4.84. The van der Waals surface area contributed by atoms with Crippen molar-refractivity contribution >= 4 is 0 Å². The fourth-order valence-corrected chi connectivity index (χ4v) is 1.73. The summed E-state index contributed by atoms with van der Waals surface area (Å²) in [5, 5.41) is 3.47. The molecule has 0 aliphatic carbocycles. The molecule has 0 aromatic carbocycles. The lowest BCUT2D eigenvalue weighted by molar-refractivity contribution is 0.136. The van der Waals surface area contributed by atoms with Gasteiger partial charge < -0.3 is 10.1 Å². The molecule has 15 heavy (non-hydrogen) atoms. The van der Waals surface area contributed by atoms with Crippen LogP contribution in [0.5, 0.6) is 0 Å². The van der Waals surface area contributed by atoms with Crippen LogP contribution in [0.4, 0.5) is 0 Å². The summed E-state index contributed by atoms with van der Waals surface area (Å²) in [6, 6.07) is 0. The minimum absolute atomic E-state index is 0.144. The Morgan fingerprint density at radius 1 is 1.47 bits per heavy atom. The van der Waals surface area contributed by atoms with Crippen LogP contribution < -0.4 is 5.32 Å². The number of rotatable bonds is 9. The maximum absolute atomic E-state index is 5.10. The number of hydrogen-bond acceptors (Lipinski definition) is 3. The molecule has 0 aliphatic rings. The third-order valence-corrected chi connectivity index (χ3v) is 2.27. The van der Waals surface area contributed by atoms with E-state index in [1.807, 2.05) is 6.08 Å². The summed E-state index contributed by atoms with van der Waals surface area (Å²) in [6.07, 6.45) is 1.94. The van der Waals surface area contributed by atoms with E-state index in [9.17, 15) is 0 Å². The summed E-state index contributed by atoms with van der Waals surface area (Å²) in [6.45, 7) is 15.0. The molecule has 0 fully saturated rings.